The molecule has 1 aliphatic carbocycles. The molecule has 2 rings (SSSR count). The summed E-state index contributed by atoms with van der Waals surface area (Å²) in [6, 6.07) is -0.0709. The van der Waals surface area contributed by atoms with Gasteiger partial charge in [0.25, 0.3) is 0 Å². The lowest BCUT2D eigenvalue weighted by Crippen LogP contribution is -2.71. The third kappa shape index (κ3) is 3.13. The van der Waals surface area contributed by atoms with Crippen LogP contribution in [-0.2, 0) is 19.4 Å². The summed E-state index contributed by atoms with van der Waals surface area (Å²) in [6.45, 7) is 7.20. The first-order chi connectivity index (χ1) is 10.0. The van der Waals surface area contributed by atoms with Crippen molar-refractivity contribution < 1.29 is 17.9 Å². The van der Waals surface area contributed by atoms with Crippen LogP contribution < -0.4 is 10.6 Å². The van der Waals surface area contributed by atoms with E-state index in [9.17, 15) is 13.2 Å². The number of piperidine rings is 1. The van der Waals surface area contributed by atoms with Crippen molar-refractivity contribution in [2.45, 2.75) is 56.4 Å². The number of nitrogens with one attached hydrogen (secondary N) is 2. The zero-order valence-electron chi connectivity index (χ0n) is 14.6. The van der Waals surface area contributed by atoms with Crippen LogP contribution in [0.5, 0.6) is 0 Å². The second-order valence-corrected chi connectivity index (χ2v) is 9.73. The molecular weight excluding hydrogens is 340 g/mol. The van der Waals surface area contributed by atoms with Gasteiger partial charge in [0.1, 0.15) is 0 Å². The number of rotatable bonds is 4. The molecule has 1 heterocycles. The summed E-state index contributed by atoms with van der Waals surface area (Å²) in [6.07, 6.45) is 2.52. The van der Waals surface area contributed by atoms with Gasteiger partial charge in [0.2, 0.25) is 5.91 Å². The lowest BCUT2D eigenvalue weighted by Gasteiger charge is -2.59. The van der Waals surface area contributed by atoms with E-state index in [0.717, 1.165) is 0 Å². The monoisotopic (exact) mass is 368 g/mol. The number of sulfone groups is 1. The fourth-order valence-corrected chi connectivity index (χ4v) is 4.95. The van der Waals surface area contributed by atoms with Crippen molar-refractivity contribution in [3.63, 3.8) is 0 Å². The molecule has 0 spiro atoms. The van der Waals surface area contributed by atoms with Gasteiger partial charge in [0, 0.05) is 24.8 Å². The van der Waals surface area contributed by atoms with Gasteiger partial charge < -0.3 is 15.4 Å². The molecule has 0 bridgehead atoms. The highest BCUT2D eigenvalue weighted by atomic mass is 35.5. The number of carbonyl (C=O) groups is 1. The van der Waals surface area contributed by atoms with Crippen LogP contribution in [0.3, 0.4) is 0 Å². The van der Waals surface area contributed by atoms with E-state index < -0.39 is 14.6 Å². The Hall–Kier alpha value is -0.370. The summed E-state index contributed by atoms with van der Waals surface area (Å²) < 4.78 is 28.8. The average molecular weight is 369 g/mol. The molecule has 0 aromatic carbocycles. The van der Waals surface area contributed by atoms with Gasteiger partial charge in [-0.2, -0.15) is 0 Å². The summed E-state index contributed by atoms with van der Waals surface area (Å²) >= 11 is 0. The minimum Gasteiger partial charge on any atom is -0.378 e. The number of hydrogen-bond acceptors (Lipinski definition) is 5. The molecule has 1 saturated heterocycles. The summed E-state index contributed by atoms with van der Waals surface area (Å²) in [5.41, 5.74) is -0.527. The Morgan fingerprint density at radius 2 is 1.74 bits per heavy atom. The third-order valence-corrected chi connectivity index (χ3v) is 8.13. The van der Waals surface area contributed by atoms with Crippen molar-refractivity contribution in [2.75, 3.05) is 26.5 Å². The smallest absolute Gasteiger partial charge is 0.241 e. The Labute approximate surface area is 145 Å². The van der Waals surface area contributed by atoms with Gasteiger partial charge in [-0.1, -0.05) is 13.8 Å². The van der Waals surface area contributed by atoms with E-state index in [-0.39, 0.29) is 35.4 Å². The highest BCUT2D eigenvalue weighted by Crippen LogP contribution is 2.51. The topological polar surface area (TPSA) is 84.5 Å². The largest absolute Gasteiger partial charge is 0.378 e. The molecule has 2 aliphatic rings. The van der Waals surface area contributed by atoms with Crippen LogP contribution in [-0.4, -0.2) is 57.2 Å². The number of methoxy groups -OCH3 is 1. The van der Waals surface area contributed by atoms with Crippen LogP contribution >= 0.6 is 12.4 Å². The Morgan fingerprint density at radius 1 is 1.22 bits per heavy atom. The molecular formula is C15H29ClN2O4S. The lowest BCUT2D eigenvalue weighted by atomic mass is 9.55. The van der Waals surface area contributed by atoms with Crippen LogP contribution in [0.4, 0.5) is 0 Å². The molecule has 2 unspecified atom stereocenters. The first-order valence-corrected chi connectivity index (χ1v) is 9.66. The minimum atomic E-state index is -3.47. The summed E-state index contributed by atoms with van der Waals surface area (Å²) in [4.78, 5) is 12.8. The summed E-state index contributed by atoms with van der Waals surface area (Å²) in [7, 11) is -1.80. The Bertz CT molecular complexity index is 558. The molecule has 6 nitrogen and oxygen atoms in total. The molecule has 2 N–H and O–H groups in total. The van der Waals surface area contributed by atoms with Crippen LogP contribution in [0.2, 0.25) is 0 Å². The van der Waals surface area contributed by atoms with Crippen molar-refractivity contribution in [2.24, 2.45) is 5.41 Å². The third-order valence-electron chi connectivity index (χ3n) is 6.12. The first-order valence-electron chi connectivity index (χ1n) is 7.77. The van der Waals surface area contributed by atoms with E-state index >= 15 is 0 Å². The molecule has 8 heteroatoms. The summed E-state index contributed by atoms with van der Waals surface area (Å²) in [5.74, 6) is -0.354. The molecule has 0 aromatic rings. The molecule has 136 valence electrons. The zero-order valence-corrected chi connectivity index (χ0v) is 16.2. The first kappa shape index (κ1) is 20.7. The second-order valence-electron chi connectivity index (χ2n) is 7.40. The van der Waals surface area contributed by atoms with Gasteiger partial charge in [0.05, 0.1) is 5.60 Å². The minimum absolute atomic E-state index is 0. The second kappa shape index (κ2) is 6.50. The number of ether oxygens (including phenoxy) is 1. The van der Waals surface area contributed by atoms with E-state index in [1.807, 2.05) is 20.8 Å². The molecule has 0 aromatic heterocycles. The average Bonchev–Trinajstić information content (AvgIpc) is 2.45. The Morgan fingerprint density at radius 3 is 2.13 bits per heavy atom. The standard InChI is InChI=1S/C15H28N2O4S.ClH/c1-13(2)11(10-14(13,3)21-4)17-12(18)15(22(5,19)20)6-8-16-9-7-15;/h11,16H,6-10H2,1-5H3,(H,17,18);1H. The summed E-state index contributed by atoms with van der Waals surface area (Å²) in [5, 5.41) is 6.11. The predicted molar refractivity (Wildman–Crippen MR) is 92.7 cm³/mol. The fraction of sp³-hybridized carbons (Fsp3) is 0.933. The maximum Gasteiger partial charge on any atom is 0.241 e. The maximum atomic E-state index is 12.8. The molecule has 1 amide bonds. The van der Waals surface area contributed by atoms with Crippen molar-refractivity contribution in [1.29, 1.82) is 0 Å². The van der Waals surface area contributed by atoms with Crippen LogP contribution in [0, 0.1) is 5.41 Å². The van der Waals surface area contributed by atoms with Gasteiger partial charge in [0.15, 0.2) is 14.6 Å². The van der Waals surface area contributed by atoms with Crippen LogP contribution in [0.1, 0.15) is 40.0 Å². The van der Waals surface area contributed by atoms with E-state index in [2.05, 4.69) is 10.6 Å². The maximum absolute atomic E-state index is 12.8. The van der Waals surface area contributed by atoms with Gasteiger partial charge >= 0.3 is 0 Å². The predicted octanol–water partition coefficient (Wildman–Crippen LogP) is 0.895. The number of hydrogen-bond donors (Lipinski definition) is 2. The van der Waals surface area contributed by atoms with Crippen LogP contribution in [0.15, 0.2) is 0 Å². The van der Waals surface area contributed by atoms with E-state index in [0.29, 0.717) is 32.4 Å². The van der Waals surface area contributed by atoms with Gasteiger partial charge in [-0.15, -0.1) is 12.4 Å². The molecule has 1 aliphatic heterocycles. The highest BCUT2D eigenvalue weighted by Gasteiger charge is 2.60. The van der Waals surface area contributed by atoms with Crippen molar-refractivity contribution in [3.8, 4) is 0 Å². The molecule has 23 heavy (non-hydrogen) atoms. The van der Waals surface area contributed by atoms with Crippen LogP contribution in [0.25, 0.3) is 0 Å². The SMILES string of the molecule is COC1(C)CC(NC(=O)C2(S(C)(=O)=O)CCNCC2)C1(C)C.Cl. The molecule has 2 atom stereocenters. The Kier molecular flexibility index (Phi) is 5.84. The highest BCUT2D eigenvalue weighted by molar-refractivity contribution is 7.92. The van der Waals surface area contributed by atoms with Crippen molar-refractivity contribution in [3.05, 3.63) is 0 Å². The quantitative estimate of drug-likeness (QED) is 0.770. The number of halogens is 1. The number of amides is 1. The molecule has 0 radical (unpaired) electrons. The number of carbonyl (C=O) groups excluding carboxylic acids is 1. The van der Waals surface area contributed by atoms with E-state index in [4.69, 9.17) is 4.74 Å². The Balaban J connectivity index is 0.00000264. The van der Waals surface area contributed by atoms with E-state index in [1.165, 1.54) is 6.26 Å². The fourth-order valence-electron chi connectivity index (χ4n) is 3.61. The van der Waals surface area contributed by atoms with Gasteiger partial charge in [-0.25, -0.2) is 8.42 Å². The van der Waals surface area contributed by atoms with E-state index in [1.54, 1.807) is 7.11 Å². The van der Waals surface area contributed by atoms with Gasteiger partial charge in [-0.05, 0) is 39.3 Å². The van der Waals surface area contributed by atoms with Crippen molar-refractivity contribution >= 4 is 28.2 Å². The zero-order chi connectivity index (χ0) is 16.8. The molecule has 2 fully saturated rings. The van der Waals surface area contributed by atoms with Crippen molar-refractivity contribution in [1.82, 2.24) is 10.6 Å². The molecule has 1 saturated carbocycles. The lowest BCUT2D eigenvalue weighted by molar-refractivity contribution is -0.183. The normalized spacial score (nSPS) is 32.3. The van der Waals surface area contributed by atoms with Gasteiger partial charge in [-0.3, -0.25) is 4.79 Å².